The van der Waals surface area contributed by atoms with Gasteiger partial charge in [0, 0.05) is 5.69 Å². The zero-order chi connectivity index (χ0) is 20.5. The molecule has 2 aromatic carbocycles. The Morgan fingerprint density at radius 1 is 0.964 bits per heavy atom. The van der Waals surface area contributed by atoms with Crippen molar-refractivity contribution in [2.75, 3.05) is 10.0 Å². The highest BCUT2D eigenvalue weighted by Crippen LogP contribution is 2.22. The van der Waals surface area contributed by atoms with Gasteiger partial charge in [-0.15, -0.1) is 0 Å². The van der Waals surface area contributed by atoms with E-state index in [4.69, 9.17) is 4.52 Å². The SMILES string of the molecule is Cc1ccc(S(=O)(=O)Nc2cccc(NC(=O)c3c(C)noc3C)c2)cc1C. The zero-order valence-electron chi connectivity index (χ0n) is 16.0. The molecule has 7 nitrogen and oxygen atoms in total. The minimum absolute atomic E-state index is 0.181. The average Bonchev–Trinajstić information content (AvgIpc) is 2.95. The number of amides is 1. The summed E-state index contributed by atoms with van der Waals surface area (Å²) in [5.74, 6) is 0.0482. The van der Waals surface area contributed by atoms with Crippen LogP contribution >= 0.6 is 0 Å². The van der Waals surface area contributed by atoms with Crippen LogP contribution in [0, 0.1) is 27.7 Å². The largest absolute Gasteiger partial charge is 0.361 e. The molecule has 0 aliphatic rings. The molecule has 0 aliphatic heterocycles. The van der Waals surface area contributed by atoms with Crippen molar-refractivity contribution in [3.05, 3.63) is 70.6 Å². The van der Waals surface area contributed by atoms with Crippen LogP contribution in [0.15, 0.2) is 51.9 Å². The molecular formula is C20H21N3O4S. The van der Waals surface area contributed by atoms with Crippen LogP contribution in [0.25, 0.3) is 0 Å². The monoisotopic (exact) mass is 399 g/mol. The van der Waals surface area contributed by atoms with E-state index in [-0.39, 0.29) is 10.8 Å². The fraction of sp³-hybridized carbons (Fsp3) is 0.200. The number of hydrogen-bond acceptors (Lipinski definition) is 5. The molecule has 1 aromatic heterocycles. The molecule has 1 amide bonds. The number of hydrogen-bond donors (Lipinski definition) is 2. The van der Waals surface area contributed by atoms with Crippen LogP contribution < -0.4 is 10.0 Å². The van der Waals surface area contributed by atoms with Crippen molar-refractivity contribution in [1.82, 2.24) is 5.16 Å². The minimum atomic E-state index is -3.74. The third kappa shape index (κ3) is 4.07. The second-order valence-electron chi connectivity index (χ2n) is 6.59. The van der Waals surface area contributed by atoms with E-state index in [0.29, 0.717) is 28.4 Å². The van der Waals surface area contributed by atoms with Crippen LogP contribution in [-0.4, -0.2) is 19.5 Å². The Kier molecular flexibility index (Phi) is 5.24. The van der Waals surface area contributed by atoms with Crippen LogP contribution in [0.1, 0.15) is 32.9 Å². The fourth-order valence-corrected chi connectivity index (χ4v) is 3.89. The minimum Gasteiger partial charge on any atom is -0.361 e. The van der Waals surface area contributed by atoms with Gasteiger partial charge in [-0.2, -0.15) is 0 Å². The first kappa shape index (κ1) is 19.6. The van der Waals surface area contributed by atoms with Crippen LogP contribution in [0.5, 0.6) is 0 Å². The Bertz CT molecular complexity index is 1130. The van der Waals surface area contributed by atoms with Crippen molar-refractivity contribution in [1.29, 1.82) is 0 Å². The van der Waals surface area contributed by atoms with E-state index in [1.165, 1.54) is 0 Å². The van der Waals surface area contributed by atoms with Gasteiger partial charge in [-0.1, -0.05) is 17.3 Å². The molecule has 1 heterocycles. The number of carbonyl (C=O) groups is 1. The van der Waals surface area contributed by atoms with Gasteiger partial charge < -0.3 is 9.84 Å². The average molecular weight is 399 g/mol. The highest BCUT2D eigenvalue weighted by Gasteiger charge is 2.18. The van der Waals surface area contributed by atoms with Crippen molar-refractivity contribution < 1.29 is 17.7 Å². The van der Waals surface area contributed by atoms with Crippen LogP contribution in [0.4, 0.5) is 11.4 Å². The van der Waals surface area contributed by atoms with Crippen molar-refractivity contribution in [3.63, 3.8) is 0 Å². The number of aromatic nitrogens is 1. The molecule has 3 rings (SSSR count). The number of aryl methyl sites for hydroxylation is 4. The molecule has 0 unspecified atom stereocenters. The lowest BCUT2D eigenvalue weighted by Gasteiger charge is -2.11. The van der Waals surface area contributed by atoms with Crippen LogP contribution in [0.2, 0.25) is 0 Å². The summed E-state index contributed by atoms with van der Waals surface area (Å²) < 4.78 is 32.9. The first-order valence-electron chi connectivity index (χ1n) is 8.62. The number of rotatable bonds is 5. The molecule has 0 aliphatic carbocycles. The smallest absolute Gasteiger partial charge is 0.261 e. The zero-order valence-corrected chi connectivity index (χ0v) is 16.8. The molecule has 0 bridgehead atoms. The highest BCUT2D eigenvalue weighted by atomic mass is 32.2. The Labute approximate surface area is 163 Å². The van der Waals surface area contributed by atoms with Gasteiger partial charge in [0.05, 0.1) is 16.3 Å². The predicted octanol–water partition coefficient (Wildman–Crippen LogP) is 3.96. The molecular weight excluding hydrogens is 378 g/mol. The number of anilines is 2. The second-order valence-corrected chi connectivity index (χ2v) is 8.27. The Balaban J connectivity index is 1.81. The Morgan fingerprint density at radius 3 is 2.32 bits per heavy atom. The maximum absolute atomic E-state index is 12.7. The van der Waals surface area contributed by atoms with E-state index in [0.717, 1.165) is 11.1 Å². The lowest BCUT2D eigenvalue weighted by molar-refractivity contribution is 0.102. The van der Waals surface area contributed by atoms with Gasteiger partial charge in [-0.05, 0) is 69.2 Å². The van der Waals surface area contributed by atoms with E-state index in [1.807, 2.05) is 13.8 Å². The fourth-order valence-electron chi connectivity index (χ4n) is 2.76. The molecule has 0 radical (unpaired) electrons. The van der Waals surface area contributed by atoms with Gasteiger partial charge in [0.15, 0.2) is 0 Å². The Morgan fingerprint density at radius 2 is 1.68 bits per heavy atom. The lowest BCUT2D eigenvalue weighted by Crippen LogP contribution is -2.15. The summed E-state index contributed by atoms with van der Waals surface area (Å²) >= 11 is 0. The summed E-state index contributed by atoms with van der Waals surface area (Å²) in [7, 11) is -3.74. The van der Waals surface area contributed by atoms with Crippen LogP contribution in [0.3, 0.4) is 0 Å². The van der Waals surface area contributed by atoms with Crippen molar-refractivity contribution in [3.8, 4) is 0 Å². The number of nitrogens with one attached hydrogen (secondary N) is 2. The standard InChI is InChI=1S/C20H21N3O4S/c1-12-8-9-18(10-13(12)2)28(25,26)23-17-7-5-6-16(11-17)21-20(24)19-14(3)22-27-15(19)4/h5-11,23H,1-4H3,(H,21,24). The predicted molar refractivity (Wildman–Crippen MR) is 107 cm³/mol. The molecule has 146 valence electrons. The third-order valence-electron chi connectivity index (χ3n) is 4.42. The van der Waals surface area contributed by atoms with E-state index in [9.17, 15) is 13.2 Å². The van der Waals surface area contributed by atoms with E-state index >= 15 is 0 Å². The first-order chi connectivity index (χ1) is 13.2. The number of benzene rings is 2. The summed E-state index contributed by atoms with van der Waals surface area (Å²) in [6, 6.07) is 11.4. The number of sulfonamides is 1. The normalized spacial score (nSPS) is 11.3. The van der Waals surface area contributed by atoms with Gasteiger partial charge in [-0.3, -0.25) is 9.52 Å². The maximum Gasteiger partial charge on any atom is 0.261 e. The van der Waals surface area contributed by atoms with Crippen LogP contribution in [-0.2, 0) is 10.0 Å². The molecule has 2 N–H and O–H groups in total. The highest BCUT2D eigenvalue weighted by molar-refractivity contribution is 7.92. The van der Waals surface area contributed by atoms with E-state index < -0.39 is 10.0 Å². The molecule has 0 spiro atoms. The van der Waals surface area contributed by atoms with Gasteiger partial charge in [-0.25, -0.2) is 8.42 Å². The van der Waals surface area contributed by atoms with Crippen molar-refractivity contribution in [2.24, 2.45) is 0 Å². The molecule has 8 heteroatoms. The van der Waals surface area contributed by atoms with Crippen molar-refractivity contribution >= 4 is 27.3 Å². The molecule has 0 fully saturated rings. The quantitative estimate of drug-likeness (QED) is 0.676. The van der Waals surface area contributed by atoms with E-state index in [1.54, 1.807) is 56.3 Å². The van der Waals surface area contributed by atoms with Gasteiger partial charge in [0.25, 0.3) is 15.9 Å². The first-order valence-corrected chi connectivity index (χ1v) is 10.1. The molecule has 3 aromatic rings. The third-order valence-corrected chi connectivity index (χ3v) is 5.80. The summed E-state index contributed by atoms with van der Waals surface area (Å²) in [6.45, 7) is 7.12. The van der Waals surface area contributed by atoms with Gasteiger partial charge >= 0.3 is 0 Å². The summed E-state index contributed by atoms with van der Waals surface area (Å²) in [5.41, 5.74) is 3.55. The second kappa shape index (κ2) is 7.47. The van der Waals surface area contributed by atoms with Gasteiger partial charge in [0.2, 0.25) is 0 Å². The summed E-state index contributed by atoms with van der Waals surface area (Å²) in [5, 5.41) is 6.50. The number of nitrogens with zero attached hydrogens (tertiary/aromatic N) is 1. The molecule has 0 atom stereocenters. The van der Waals surface area contributed by atoms with Gasteiger partial charge in [0.1, 0.15) is 11.3 Å². The molecule has 28 heavy (non-hydrogen) atoms. The maximum atomic E-state index is 12.7. The summed E-state index contributed by atoms with van der Waals surface area (Å²) in [4.78, 5) is 12.6. The topological polar surface area (TPSA) is 101 Å². The Hall–Kier alpha value is -3.13. The number of carbonyl (C=O) groups excluding carboxylic acids is 1. The lowest BCUT2D eigenvalue weighted by atomic mass is 10.1. The summed E-state index contributed by atoms with van der Waals surface area (Å²) in [6.07, 6.45) is 0. The van der Waals surface area contributed by atoms with E-state index in [2.05, 4.69) is 15.2 Å². The molecule has 0 saturated heterocycles. The van der Waals surface area contributed by atoms with Crippen molar-refractivity contribution in [2.45, 2.75) is 32.6 Å². The molecule has 0 saturated carbocycles.